The van der Waals surface area contributed by atoms with Gasteiger partial charge in [0.1, 0.15) is 5.69 Å². The van der Waals surface area contributed by atoms with Gasteiger partial charge in [0.25, 0.3) is 0 Å². The number of nitrogens with zero attached hydrogens (tertiary/aromatic N) is 2. The fourth-order valence-electron chi connectivity index (χ4n) is 0.983. The van der Waals surface area contributed by atoms with Crippen molar-refractivity contribution in [3.63, 3.8) is 0 Å². The van der Waals surface area contributed by atoms with Gasteiger partial charge in [-0.25, -0.2) is 0 Å². The van der Waals surface area contributed by atoms with Crippen LogP contribution in [0.1, 0.15) is 12.8 Å². The lowest BCUT2D eigenvalue weighted by molar-refractivity contribution is 0.285. The molecule has 1 aromatic carbocycles. The average Bonchev–Trinajstić information content (AvgIpc) is 2.23. The monoisotopic (exact) mass is 246 g/mol. The van der Waals surface area contributed by atoms with E-state index in [1.807, 2.05) is 0 Å². The Morgan fingerprint density at radius 2 is 2.00 bits per heavy atom. The van der Waals surface area contributed by atoms with E-state index in [9.17, 15) is 0 Å². The number of unbranched alkanes of at least 4 members (excludes halogenated alkanes) is 1. The molecule has 1 aromatic rings. The van der Waals surface area contributed by atoms with Gasteiger partial charge in [0.15, 0.2) is 0 Å². The summed E-state index contributed by atoms with van der Waals surface area (Å²) in [5.74, 6) is 0. The highest BCUT2D eigenvalue weighted by Crippen LogP contribution is 2.28. The van der Waals surface area contributed by atoms with Gasteiger partial charge in [-0.05, 0) is 31.0 Å². The van der Waals surface area contributed by atoms with Crippen LogP contribution in [-0.2, 0) is 0 Å². The molecule has 0 saturated carbocycles. The molecule has 1 N–H and O–H groups in total. The van der Waals surface area contributed by atoms with Crippen molar-refractivity contribution in [2.24, 2.45) is 10.2 Å². The second-order valence-corrected chi connectivity index (χ2v) is 3.84. The normalized spacial score (nSPS) is 11.1. The van der Waals surface area contributed by atoms with E-state index in [2.05, 4.69) is 10.2 Å². The fourth-order valence-corrected chi connectivity index (χ4v) is 1.30. The number of aliphatic hydroxyl groups is 1. The molecule has 0 fully saturated rings. The van der Waals surface area contributed by atoms with Gasteiger partial charge in [0.05, 0.1) is 11.6 Å². The minimum Gasteiger partial charge on any atom is -0.396 e. The van der Waals surface area contributed by atoms with E-state index in [1.54, 1.807) is 18.2 Å². The molecule has 0 aliphatic heterocycles. The lowest BCUT2D eigenvalue weighted by Gasteiger charge is -1.97. The summed E-state index contributed by atoms with van der Waals surface area (Å²) in [4.78, 5) is 0. The second-order valence-electron chi connectivity index (χ2n) is 2.99. The van der Waals surface area contributed by atoms with Crippen molar-refractivity contribution in [2.75, 3.05) is 13.2 Å². The summed E-state index contributed by atoms with van der Waals surface area (Å²) < 4.78 is 0. The summed E-state index contributed by atoms with van der Waals surface area (Å²) in [7, 11) is 0. The van der Waals surface area contributed by atoms with Crippen LogP contribution in [0, 0.1) is 0 Å². The van der Waals surface area contributed by atoms with E-state index in [4.69, 9.17) is 28.3 Å². The molecule has 0 radical (unpaired) electrons. The Kier molecular flexibility index (Phi) is 5.61. The van der Waals surface area contributed by atoms with Crippen LogP contribution in [0.25, 0.3) is 0 Å². The molecule has 0 heterocycles. The van der Waals surface area contributed by atoms with Crippen molar-refractivity contribution >= 4 is 28.9 Å². The molecule has 0 amide bonds. The van der Waals surface area contributed by atoms with Crippen molar-refractivity contribution < 1.29 is 5.11 Å². The average molecular weight is 247 g/mol. The predicted octanol–water partition coefficient (Wildman–Crippen LogP) is 3.85. The molecule has 0 aromatic heterocycles. The third-order valence-corrected chi connectivity index (χ3v) is 2.31. The number of hydrogen-bond acceptors (Lipinski definition) is 3. The largest absolute Gasteiger partial charge is 0.396 e. The highest BCUT2D eigenvalue weighted by Gasteiger charge is 1.98. The summed E-state index contributed by atoms with van der Waals surface area (Å²) in [6.07, 6.45) is 1.56. The predicted molar refractivity (Wildman–Crippen MR) is 62.2 cm³/mol. The van der Waals surface area contributed by atoms with Gasteiger partial charge >= 0.3 is 0 Å². The number of hydrogen-bond donors (Lipinski definition) is 1. The van der Waals surface area contributed by atoms with E-state index in [-0.39, 0.29) is 6.61 Å². The Labute approximate surface area is 98.7 Å². The molecule has 0 unspecified atom stereocenters. The van der Waals surface area contributed by atoms with Crippen molar-refractivity contribution in [1.82, 2.24) is 0 Å². The highest BCUT2D eigenvalue weighted by molar-refractivity contribution is 6.35. The minimum absolute atomic E-state index is 0.188. The maximum atomic E-state index is 8.55. The zero-order valence-electron chi connectivity index (χ0n) is 8.16. The Morgan fingerprint density at radius 3 is 2.73 bits per heavy atom. The first-order chi connectivity index (χ1) is 7.24. The molecule has 0 atom stereocenters. The number of benzene rings is 1. The fraction of sp³-hybridized carbons (Fsp3) is 0.400. The Hall–Kier alpha value is -0.640. The first kappa shape index (κ1) is 12.4. The molecule has 0 spiro atoms. The van der Waals surface area contributed by atoms with E-state index in [1.165, 1.54) is 0 Å². The third-order valence-electron chi connectivity index (χ3n) is 1.75. The maximum Gasteiger partial charge on any atom is 0.105 e. The van der Waals surface area contributed by atoms with Gasteiger partial charge in [-0.15, -0.1) is 0 Å². The number of rotatable bonds is 5. The number of halogens is 2. The van der Waals surface area contributed by atoms with Gasteiger partial charge in [-0.1, -0.05) is 23.2 Å². The highest BCUT2D eigenvalue weighted by atomic mass is 35.5. The van der Waals surface area contributed by atoms with Gasteiger partial charge in [-0.2, -0.15) is 10.2 Å². The molecule has 0 aliphatic rings. The number of azo groups is 1. The summed E-state index contributed by atoms with van der Waals surface area (Å²) in [6, 6.07) is 5.06. The smallest absolute Gasteiger partial charge is 0.105 e. The molecule has 5 heteroatoms. The van der Waals surface area contributed by atoms with E-state index in [0.717, 1.165) is 12.8 Å². The SMILES string of the molecule is OCCCCN=Nc1cc(Cl)ccc1Cl. The topological polar surface area (TPSA) is 45.0 Å². The molecule has 3 nitrogen and oxygen atoms in total. The minimum atomic E-state index is 0.188. The lowest BCUT2D eigenvalue weighted by atomic mass is 10.3. The molecule has 15 heavy (non-hydrogen) atoms. The molecular formula is C10H12Cl2N2O. The van der Waals surface area contributed by atoms with Gasteiger partial charge in [0.2, 0.25) is 0 Å². The maximum absolute atomic E-state index is 8.55. The van der Waals surface area contributed by atoms with Crippen LogP contribution in [0.15, 0.2) is 28.4 Å². The van der Waals surface area contributed by atoms with Crippen LogP contribution < -0.4 is 0 Å². The Morgan fingerprint density at radius 1 is 1.20 bits per heavy atom. The first-order valence-electron chi connectivity index (χ1n) is 4.67. The van der Waals surface area contributed by atoms with Crippen molar-refractivity contribution in [2.45, 2.75) is 12.8 Å². The first-order valence-corrected chi connectivity index (χ1v) is 5.43. The lowest BCUT2D eigenvalue weighted by Crippen LogP contribution is -1.84. The molecular weight excluding hydrogens is 235 g/mol. The Bertz CT molecular complexity index is 342. The van der Waals surface area contributed by atoms with Crippen molar-refractivity contribution in [3.05, 3.63) is 28.2 Å². The standard InChI is InChI=1S/C10H12Cl2N2O/c11-8-3-4-9(12)10(7-8)14-13-5-1-2-6-15/h3-4,7,15H,1-2,5-6H2. The molecule has 1 rings (SSSR count). The van der Waals surface area contributed by atoms with Crippen LogP contribution in [-0.4, -0.2) is 18.3 Å². The van der Waals surface area contributed by atoms with Crippen LogP contribution >= 0.6 is 23.2 Å². The molecule has 0 saturated heterocycles. The summed E-state index contributed by atoms with van der Waals surface area (Å²) in [6.45, 7) is 0.775. The van der Waals surface area contributed by atoms with E-state index < -0.39 is 0 Å². The second kappa shape index (κ2) is 6.77. The van der Waals surface area contributed by atoms with Crippen molar-refractivity contribution in [1.29, 1.82) is 0 Å². The van der Waals surface area contributed by atoms with E-state index in [0.29, 0.717) is 22.3 Å². The van der Waals surface area contributed by atoms with Crippen LogP contribution in [0.4, 0.5) is 5.69 Å². The van der Waals surface area contributed by atoms with E-state index >= 15 is 0 Å². The van der Waals surface area contributed by atoms with Crippen LogP contribution in [0.5, 0.6) is 0 Å². The molecule has 0 aliphatic carbocycles. The zero-order valence-corrected chi connectivity index (χ0v) is 9.67. The molecule has 82 valence electrons. The summed E-state index contributed by atoms with van der Waals surface area (Å²) in [5, 5.41) is 17.6. The van der Waals surface area contributed by atoms with Crippen LogP contribution in [0.3, 0.4) is 0 Å². The van der Waals surface area contributed by atoms with Gasteiger partial charge in [-0.3, -0.25) is 0 Å². The van der Waals surface area contributed by atoms with Crippen LogP contribution in [0.2, 0.25) is 10.0 Å². The third kappa shape index (κ3) is 4.60. The summed E-state index contributed by atoms with van der Waals surface area (Å²) in [5.41, 5.74) is 0.577. The summed E-state index contributed by atoms with van der Waals surface area (Å²) >= 11 is 11.7. The quantitative estimate of drug-likeness (QED) is 0.623. The zero-order chi connectivity index (χ0) is 11.1. The number of aliphatic hydroxyl groups excluding tert-OH is 1. The van der Waals surface area contributed by atoms with Crippen molar-refractivity contribution in [3.8, 4) is 0 Å². The Balaban J connectivity index is 2.52. The van der Waals surface area contributed by atoms with Gasteiger partial charge in [0, 0.05) is 11.6 Å². The van der Waals surface area contributed by atoms with Gasteiger partial charge < -0.3 is 5.11 Å². The molecule has 0 bridgehead atoms.